The van der Waals surface area contributed by atoms with E-state index in [1.54, 1.807) is 0 Å². The maximum atomic E-state index is 12.0. The molecule has 1 aromatic heterocycles. The number of hydrogen-bond donors (Lipinski definition) is 1. The predicted molar refractivity (Wildman–Crippen MR) is 82.7 cm³/mol. The molecule has 112 valence electrons. The number of nitrogens with zero attached hydrogens (tertiary/aromatic N) is 1. The molecule has 2 heterocycles. The Morgan fingerprint density at radius 2 is 1.95 bits per heavy atom. The Kier molecular flexibility index (Phi) is 4.50. The number of sulfone groups is 1. The summed E-state index contributed by atoms with van der Waals surface area (Å²) < 4.78 is 28.6. The summed E-state index contributed by atoms with van der Waals surface area (Å²) in [6.45, 7) is 1.49. The molecule has 20 heavy (non-hydrogen) atoms. The number of carbonyl (C=O) groups excluding carboxylic acids is 1. The Morgan fingerprint density at radius 3 is 2.45 bits per heavy atom. The van der Waals surface area contributed by atoms with Crippen molar-refractivity contribution in [3.63, 3.8) is 0 Å². The van der Waals surface area contributed by atoms with Crippen molar-refractivity contribution in [3.8, 4) is 0 Å². The van der Waals surface area contributed by atoms with Gasteiger partial charge in [-0.05, 0) is 0 Å². The van der Waals surface area contributed by atoms with Crippen molar-refractivity contribution in [2.75, 3.05) is 48.6 Å². The molecule has 1 aromatic rings. The molecule has 0 saturated carbocycles. The van der Waals surface area contributed by atoms with Crippen molar-refractivity contribution >= 4 is 49.6 Å². The molecular formula is C11H16N2O4S3. The lowest BCUT2D eigenvalue weighted by Crippen LogP contribution is -2.32. The average Bonchev–Trinajstić information content (AvgIpc) is 2.76. The third-order valence-corrected chi connectivity index (χ3v) is 6.40. The SMILES string of the molecule is COC(=O)c1sc(N2CCSCC2)c(S(C)(=O)=O)c1N. The number of nitrogen functional groups attached to an aromatic ring is 1. The Labute approximate surface area is 126 Å². The molecule has 6 nitrogen and oxygen atoms in total. The zero-order chi connectivity index (χ0) is 14.9. The molecule has 0 atom stereocenters. The first-order valence-corrected chi connectivity index (χ1v) is 9.76. The molecule has 0 aromatic carbocycles. The summed E-state index contributed by atoms with van der Waals surface area (Å²) in [6, 6.07) is 0. The van der Waals surface area contributed by atoms with Gasteiger partial charge in [0.2, 0.25) is 0 Å². The van der Waals surface area contributed by atoms with Crippen LogP contribution in [0.2, 0.25) is 0 Å². The molecule has 0 spiro atoms. The number of rotatable bonds is 3. The van der Waals surface area contributed by atoms with Crippen molar-refractivity contribution in [2.24, 2.45) is 0 Å². The van der Waals surface area contributed by atoms with Gasteiger partial charge in [-0.15, -0.1) is 11.3 Å². The molecule has 0 amide bonds. The van der Waals surface area contributed by atoms with Crippen molar-refractivity contribution in [1.82, 2.24) is 0 Å². The van der Waals surface area contributed by atoms with Crippen LogP contribution in [-0.2, 0) is 14.6 Å². The second-order valence-corrected chi connectivity index (χ2v) is 8.52. The highest BCUT2D eigenvalue weighted by Gasteiger charge is 2.30. The number of esters is 1. The van der Waals surface area contributed by atoms with Crippen LogP contribution in [0.5, 0.6) is 0 Å². The topological polar surface area (TPSA) is 89.7 Å². The van der Waals surface area contributed by atoms with E-state index in [0.29, 0.717) is 5.00 Å². The average molecular weight is 336 g/mol. The number of methoxy groups -OCH3 is 1. The fraction of sp³-hybridized carbons (Fsp3) is 0.545. The van der Waals surface area contributed by atoms with Gasteiger partial charge in [0.25, 0.3) is 0 Å². The summed E-state index contributed by atoms with van der Waals surface area (Å²) in [7, 11) is -2.26. The highest BCUT2D eigenvalue weighted by Crippen LogP contribution is 2.42. The molecular weight excluding hydrogens is 320 g/mol. The number of ether oxygens (including phenoxy) is 1. The van der Waals surface area contributed by atoms with E-state index < -0.39 is 15.8 Å². The van der Waals surface area contributed by atoms with Gasteiger partial charge in [-0.2, -0.15) is 11.8 Å². The normalized spacial score (nSPS) is 16.2. The fourth-order valence-corrected chi connectivity index (χ4v) is 5.57. The van der Waals surface area contributed by atoms with Crippen molar-refractivity contribution in [2.45, 2.75) is 4.90 Å². The molecule has 2 rings (SSSR count). The molecule has 0 aliphatic carbocycles. The zero-order valence-electron chi connectivity index (χ0n) is 11.2. The van der Waals surface area contributed by atoms with E-state index >= 15 is 0 Å². The van der Waals surface area contributed by atoms with E-state index in [1.807, 2.05) is 16.7 Å². The van der Waals surface area contributed by atoms with Crippen LogP contribution in [0.15, 0.2) is 4.90 Å². The third-order valence-electron chi connectivity index (χ3n) is 2.92. The lowest BCUT2D eigenvalue weighted by molar-refractivity contribution is 0.0607. The number of carbonyl (C=O) groups is 1. The number of thiophene rings is 1. The quantitative estimate of drug-likeness (QED) is 0.826. The smallest absolute Gasteiger partial charge is 0.350 e. The number of hydrogen-bond acceptors (Lipinski definition) is 8. The van der Waals surface area contributed by atoms with Crippen molar-refractivity contribution in [1.29, 1.82) is 0 Å². The highest BCUT2D eigenvalue weighted by atomic mass is 32.2. The van der Waals surface area contributed by atoms with Gasteiger partial charge in [-0.25, -0.2) is 13.2 Å². The zero-order valence-corrected chi connectivity index (χ0v) is 13.7. The van der Waals surface area contributed by atoms with Crippen LogP contribution in [0.3, 0.4) is 0 Å². The summed E-state index contributed by atoms with van der Waals surface area (Å²) in [6.07, 6.45) is 1.11. The van der Waals surface area contributed by atoms with Gasteiger partial charge >= 0.3 is 5.97 Å². The second kappa shape index (κ2) is 5.82. The van der Waals surface area contributed by atoms with Crippen LogP contribution in [-0.4, -0.2) is 52.3 Å². The summed E-state index contributed by atoms with van der Waals surface area (Å²) >= 11 is 2.91. The number of anilines is 2. The summed E-state index contributed by atoms with van der Waals surface area (Å²) in [4.78, 5) is 13.9. The fourth-order valence-electron chi connectivity index (χ4n) is 1.99. The third kappa shape index (κ3) is 2.89. The first kappa shape index (κ1) is 15.5. The largest absolute Gasteiger partial charge is 0.465 e. The first-order chi connectivity index (χ1) is 9.36. The van der Waals surface area contributed by atoms with Crippen molar-refractivity contribution < 1.29 is 17.9 Å². The Morgan fingerprint density at radius 1 is 1.35 bits per heavy atom. The Balaban J connectivity index is 2.57. The second-order valence-electron chi connectivity index (χ2n) is 4.34. The van der Waals surface area contributed by atoms with Gasteiger partial charge in [0.15, 0.2) is 9.84 Å². The monoisotopic (exact) mass is 336 g/mol. The molecule has 1 aliphatic heterocycles. The summed E-state index contributed by atoms with van der Waals surface area (Å²) in [5.41, 5.74) is 5.87. The lowest BCUT2D eigenvalue weighted by atomic mass is 10.4. The molecule has 2 N–H and O–H groups in total. The maximum Gasteiger partial charge on any atom is 0.350 e. The van der Waals surface area contributed by atoms with Crippen LogP contribution in [0.1, 0.15) is 9.67 Å². The van der Waals surface area contributed by atoms with Crippen LogP contribution < -0.4 is 10.6 Å². The summed E-state index contributed by atoms with van der Waals surface area (Å²) in [5, 5.41) is 0.547. The molecule has 1 saturated heterocycles. The summed E-state index contributed by atoms with van der Waals surface area (Å²) in [5.74, 6) is 1.25. The van der Waals surface area contributed by atoms with Crippen LogP contribution in [0.25, 0.3) is 0 Å². The van der Waals surface area contributed by atoms with Crippen molar-refractivity contribution in [3.05, 3.63) is 4.88 Å². The predicted octanol–water partition coefficient (Wildman–Crippen LogP) is 1.07. The van der Waals surface area contributed by atoms with E-state index in [4.69, 9.17) is 5.73 Å². The van der Waals surface area contributed by atoms with E-state index in [2.05, 4.69) is 4.74 Å². The maximum absolute atomic E-state index is 12.0. The van der Waals surface area contributed by atoms with Crippen LogP contribution >= 0.6 is 23.1 Å². The van der Waals surface area contributed by atoms with E-state index in [0.717, 1.165) is 42.2 Å². The number of thioether (sulfide) groups is 1. The van der Waals surface area contributed by atoms with E-state index in [1.165, 1.54) is 7.11 Å². The Hall–Kier alpha value is -0.930. The van der Waals surface area contributed by atoms with Gasteiger partial charge in [0.1, 0.15) is 14.8 Å². The lowest BCUT2D eigenvalue weighted by Gasteiger charge is -2.27. The van der Waals surface area contributed by atoms with E-state index in [-0.39, 0.29) is 15.5 Å². The van der Waals surface area contributed by atoms with Crippen LogP contribution in [0.4, 0.5) is 10.7 Å². The molecule has 1 fully saturated rings. The standard InChI is InChI=1S/C11H16N2O4S3/c1-17-11(14)8-7(12)9(20(2,15)16)10(19-8)13-3-5-18-6-4-13/h3-6,12H2,1-2H3. The minimum absolute atomic E-state index is 0.00224. The van der Waals surface area contributed by atoms with Gasteiger partial charge in [-0.3, -0.25) is 0 Å². The highest BCUT2D eigenvalue weighted by molar-refractivity contribution is 7.99. The van der Waals surface area contributed by atoms with Gasteiger partial charge in [-0.1, -0.05) is 0 Å². The molecule has 1 aliphatic rings. The van der Waals surface area contributed by atoms with Gasteiger partial charge in [0.05, 0.1) is 12.8 Å². The Bertz CT molecular complexity index is 618. The number of nitrogens with two attached hydrogens (primary N) is 1. The molecule has 0 unspecified atom stereocenters. The van der Waals surface area contributed by atoms with E-state index in [9.17, 15) is 13.2 Å². The molecule has 0 bridgehead atoms. The van der Waals surface area contributed by atoms with Gasteiger partial charge < -0.3 is 15.4 Å². The minimum Gasteiger partial charge on any atom is -0.465 e. The minimum atomic E-state index is -3.51. The molecule has 0 radical (unpaired) electrons. The first-order valence-electron chi connectivity index (χ1n) is 5.89. The van der Waals surface area contributed by atoms with Crippen LogP contribution in [0, 0.1) is 0 Å². The molecule has 9 heteroatoms. The van der Waals surface area contributed by atoms with Gasteiger partial charge in [0, 0.05) is 30.9 Å².